The second kappa shape index (κ2) is 8.09. The van der Waals surface area contributed by atoms with Gasteiger partial charge in [0.15, 0.2) is 0 Å². The zero-order valence-electron chi connectivity index (χ0n) is 22.1. The zero-order chi connectivity index (χ0) is 27.3. The molecule has 2 aromatic carbocycles. The number of nitrogens with one attached hydrogen (secondary N) is 4. The Morgan fingerprint density at radius 2 is 1.77 bits per heavy atom. The van der Waals surface area contributed by atoms with Gasteiger partial charge in [0.05, 0.1) is 5.41 Å². The van der Waals surface area contributed by atoms with Crippen LogP contribution in [0.4, 0.5) is 5.69 Å². The number of benzene rings is 2. The van der Waals surface area contributed by atoms with Crippen molar-refractivity contribution in [3.05, 3.63) is 65.4 Å². The molecule has 0 saturated carbocycles. The molecule has 5 aliphatic rings. The summed E-state index contributed by atoms with van der Waals surface area (Å²) in [5.41, 5.74) is 4.33. The van der Waals surface area contributed by atoms with Crippen LogP contribution in [0.1, 0.15) is 42.9 Å². The number of carbonyl (C=O) groups excluding carboxylic acids is 4. The number of anilines is 1. The van der Waals surface area contributed by atoms with Crippen LogP contribution >= 0.6 is 0 Å². The molecule has 3 aromatic rings. The lowest BCUT2D eigenvalue weighted by molar-refractivity contribution is -0.148. The Morgan fingerprint density at radius 3 is 2.65 bits per heavy atom. The van der Waals surface area contributed by atoms with Crippen molar-refractivity contribution in [2.75, 3.05) is 11.9 Å². The van der Waals surface area contributed by atoms with Gasteiger partial charge in [0.25, 0.3) is 0 Å². The average Bonchev–Trinajstić information content (AvgIpc) is 3.72. The molecule has 0 radical (unpaired) electrons. The van der Waals surface area contributed by atoms with Crippen molar-refractivity contribution in [2.45, 2.75) is 68.4 Å². The quantitative estimate of drug-likeness (QED) is 0.401. The van der Waals surface area contributed by atoms with Crippen LogP contribution in [0.2, 0.25) is 0 Å². The van der Waals surface area contributed by atoms with Crippen LogP contribution in [0.25, 0.3) is 10.9 Å². The van der Waals surface area contributed by atoms with E-state index in [1.165, 1.54) is 0 Å². The van der Waals surface area contributed by atoms with Crippen molar-refractivity contribution in [2.24, 2.45) is 0 Å². The molecule has 6 heterocycles. The molecule has 8 rings (SSSR count). The number of aromatic amines is 1. The maximum atomic E-state index is 13.3. The standard InChI is InChI=1S/C30H30N6O4/c1-15-27(39)36-24(26(38)32-15)13-30(19-5-2-3-6-20(19)34-29(30)36)17-8-9-18-16(14-31-21(18)12-17)11-22-28(40)35-10-4-7-23(35)25(37)33-22/h2-3,5-6,8-9,12,14-15,22-24,29,31,34H,4,7,10-11,13H2,1H3,(H,32,38)(H,33,37)/t15-,22-,23-,24-,29+,30-/m1/s1. The minimum Gasteiger partial charge on any atom is -0.364 e. The Morgan fingerprint density at radius 1 is 0.950 bits per heavy atom. The Bertz CT molecular complexity index is 1630. The fourth-order valence-electron chi connectivity index (χ4n) is 7.88. The molecule has 6 atom stereocenters. The van der Waals surface area contributed by atoms with Gasteiger partial charge in [-0.3, -0.25) is 19.2 Å². The molecule has 0 bridgehead atoms. The van der Waals surface area contributed by atoms with E-state index in [1.54, 1.807) is 16.7 Å². The van der Waals surface area contributed by atoms with Crippen molar-refractivity contribution in [1.82, 2.24) is 25.4 Å². The van der Waals surface area contributed by atoms with Crippen LogP contribution in [-0.4, -0.2) is 75.3 Å². The van der Waals surface area contributed by atoms with Gasteiger partial charge in [0, 0.05) is 35.8 Å². The number of aromatic nitrogens is 1. The lowest BCUT2D eigenvalue weighted by atomic mass is 9.72. The number of hydrogen-bond donors (Lipinski definition) is 4. The Hall–Kier alpha value is -4.34. The number of rotatable bonds is 3. The van der Waals surface area contributed by atoms with Gasteiger partial charge in [-0.2, -0.15) is 0 Å². The SMILES string of the molecule is C[C@H]1NC(=O)[C@H]2C[C@@]3(c4ccc5c(C[C@H]6NC(=O)[C@H]7CCCN7C6=O)c[nH]c5c4)c4ccccc4N[C@H]3N2C1=O. The van der Waals surface area contributed by atoms with Crippen LogP contribution in [0.3, 0.4) is 0 Å². The highest BCUT2D eigenvalue weighted by molar-refractivity contribution is 6.00. The number of nitrogens with zero attached hydrogens (tertiary/aromatic N) is 2. The summed E-state index contributed by atoms with van der Waals surface area (Å²) in [7, 11) is 0. The van der Waals surface area contributed by atoms with Crippen molar-refractivity contribution < 1.29 is 19.2 Å². The van der Waals surface area contributed by atoms with E-state index < -0.39 is 23.5 Å². The number of piperazine rings is 2. The maximum absolute atomic E-state index is 13.3. The number of carbonyl (C=O) groups is 4. The fraction of sp³-hybridized carbons (Fsp3) is 0.400. The van der Waals surface area contributed by atoms with Gasteiger partial charge in [0.2, 0.25) is 23.6 Å². The smallest absolute Gasteiger partial charge is 0.247 e. The van der Waals surface area contributed by atoms with Crippen LogP contribution in [0, 0.1) is 0 Å². The first-order valence-electron chi connectivity index (χ1n) is 14.1. The number of fused-ring (bicyclic) bond motifs is 7. The predicted molar refractivity (Wildman–Crippen MR) is 146 cm³/mol. The van der Waals surface area contributed by atoms with Gasteiger partial charge in [-0.1, -0.05) is 30.3 Å². The highest BCUT2D eigenvalue weighted by atomic mass is 16.2. The molecule has 10 nitrogen and oxygen atoms in total. The van der Waals surface area contributed by atoms with E-state index >= 15 is 0 Å². The highest BCUT2D eigenvalue weighted by Gasteiger charge is 2.63. The van der Waals surface area contributed by atoms with Gasteiger partial charge in [0.1, 0.15) is 30.3 Å². The number of para-hydroxylation sites is 1. The van der Waals surface area contributed by atoms with Crippen molar-refractivity contribution in [1.29, 1.82) is 0 Å². The molecule has 5 aliphatic heterocycles. The summed E-state index contributed by atoms with van der Waals surface area (Å²) >= 11 is 0. The third-order valence-corrected chi connectivity index (χ3v) is 9.74. The minimum absolute atomic E-state index is 0.0109. The maximum Gasteiger partial charge on any atom is 0.247 e. The third-order valence-electron chi connectivity index (χ3n) is 9.74. The van der Waals surface area contributed by atoms with Gasteiger partial charge in [-0.15, -0.1) is 0 Å². The Kier molecular flexibility index (Phi) is 4.76. The molecule has 204 valence electrons. The monoisotopic (exact) mass is 538 g/mol. The van der Waals surface area contributed by atoms with Crippen LogP contribution in [-0.2, 0) is 31.0 Å². The van der Waals surface area contributed by atoms with E-state index in [1.807, 2.05) is 24.4 Å². The summed E-state index contributed by atoms with van der Waals surface area (Å²) in [6.45, 7) is 2.37. The van der Waals surface area contributed by atoms with Crippen LogP contribution < -0.4 is 16.0 Å². The molecule has 0 unspecified atom stereocenters. The molecule has 40 heavy (non-hydrogen) atoms. The largest absolute Gasteiger partial charge is 0.364 e. The van der Waals surface area contributed by atoms with Crippen molar-refractivity contribution >= 4 is 40.2 Å². The third kappa shape index (κ3) is 2.99. The number of amides is 4. The van der Waals surface area contributed by atoms with Gasteiger partial charge < -0.3 is 30.7 Å². The molecule has 1 aromatic heterocycles. The number of H-pyrrole nitrogens is 1. The fourth-order valence-corrected chi connectivity index (χ4v) is 7.88. The minimum atomic E-state index is -0.601. The van der Waals surface area contributed by atoms with E-state index in [9.17, 15) is 19.2 Å². The van der Waals surface area contributed by atoms with E-state index in [4.69, 9.17) is 0 Å². The molecule has 4 amide bonds. The van der Waals surface area contributed by atoms with Gasteiger partial charge in [-0.25, -0.2) is 0 Å². The molecule has 0 aliphatic carbocycles. The zero-order valence-corrected chi connectivity index (χ0v) is 22.1. The highest BCUT2D eigenvalue weighted by Crippen LogP contribution is 2.55. The summed E-state index contributed by atoms with van der Waals surface area (Å²) in [6.07, 6.45) is 4.00. The Balaban J connectivity index is 1.18. The van der Waals surface area contributed by atoms with Crippen LogP contribution in [0.5, 0.6) is 0 Å². The van der Waals surface area contributed by atoms with E-state index in [2.05, 4.69) is 45.2 Å². The molecule has 4 N–H and O–H groups in total. The van der Waals surface area contributed by atoms with Gasteiger partial charge in [-0.05, 0) is 55.0 Å². The molecule has 4 fully saturated rings. The first-order valence-corrected chi connectivity index (χ1v) is 14.1. The molecule has 4 saturated heterocycles. The van der Waals surface area contributed by atoms with Crippen molar-refractivity contribution in [3.8, 4) is 0 Å². The predicted octanol–water partition coefficient (Wildman–Crippen LogP) is 1.36. The van der Waals surface area contributed by atoms with E-state index in [-0.39, 0.29) is 35.8 Å². The molecule has 10 heteroatoms. The van der Waals surface area contributed by atoms with E-state index in [0.717, 1.165) is 46.1 Å². The summed E-state index contributed by atoms with van der Waals surface area (Å²) in [5, 5.41) is 10.4. The average molecular weight is 539 g/mol. The number of hydrogen-bond acceptors (Lipinski definition) is 5. The normalized spacial score (nSPS) is 32.4. The van der Waals surface area contributed by atoms with Gasteiger partial charge >= 0.3 is 0 Å². The second-order valence-electron chi connectivity index (χ2n) is 11.8. The topological polar surface area (TPSA) is 127 Å². The lowest BCUT2D eigenvalue weighted by Crippen LogP contribution is -2.63. The summed E-state index contributed by atoms with van der Waals surface area (Å²) in [5.74, 6) is -0.280. The van der Waals surface area contributed by atoms with Crippen LogP contribution in [0.15, 0.2) is 48.7 Å². The summed E-state index contributed by atoms with van der Waals surface area (Å²) in [4.78, 5) is 59.0. The second-order valence-corrected chi connectivity index (χ2v) is 11.8. The van der Waals surface area contributed by atoms with E-state index in [0.29, 0.717) is 19.4 Å². The lowest BCUT2D eigenvalue weighted by Gasteiger charge is -2.37. The first kappa shape index (κ1) is 23.5. The molecular formula is C30H30N6O4. The molecular weight excluding hydrogens is 508 g/mol. The molecule has 0 spiro atoms. The summed E-state index contributed by atoms with van der Waals surface area (Å²) in [6, 6.07) is 12.3. The summed E-state index contributed by atoms with van der Waals surface area (Å²) < 4.78 is 0. The first-order chi connectivity index (χ1) is 19.4. The Labute approximate surface area is 230 Å². The van der Waals surface area contributed by atoms with Crippen molar-refractivity contribution in [3.63, 3.8) is 0 Å².